The third-order valence-corrected chi connectivity index (χ3v) is 5.06. The van der Waals surface area contributed by atoms with Gasteiger partial charge < -0.3 is 10.6 Å². The van der Waals surface area contributed by atoms with E-state index in [0.717, 1.165) is 26.1 Å². The highest BCUT2D eigenvalue weighted by Crippen LogP contribution is 2.45. The molecule has 1 saturated heterocycles. The molecule has 1 heterocycles. The van der Waals surface area contributed by atoms with Crippen molar-refractivity contribution in [2.24, 2.45) is 11.1 Å². The zero-order valence-electron chi connectivity index (χ0n) is 12.4. The molecular weight excluding hydrogens is 238 g/mol. The van der Waals surface area contributed by atoms with Crippen molar-refractivity contribution in [1.29, 1.82) is 0 Å². The van der Waals surface area contributed by atoms with Crippen LogP contribution in [0.1, 0.15) is 44.9 Å². The van der Waals surface area contributed by atoms with Crippen LogP contribution in [0.5, 0.6) is 0 Å². The molecule has 0 unspecified atom stereocenters. The van der Waals surface area contributed by atoms with Crippen molar-refractivity contribution in [2.45, 2.75) is 44.9 Å². The lowest BCUT2D eigenvalue weighted by atomic mass is 9.77. The van der Waals surface area contributed by atoms with Gasteiger partial charge >= 0.3 is 0 Å². The van der Waals surface area contributed by atoms with Crippen LogP contribution in [0.3, 0.4) is 0 Å². The molecule has 2 fully saturated rings. The topological polar surface area (TPSA) is 49.6 Å². The first-order valence-electron chi connectivity index (χ1n) is 7.82. The lowest BCUT2D eigenvalue weighted by Gasteiger charge is -2.39. The lowest BCUT2D eigenvalue weighted by molar-refractivity contribution is -0.131. The van der Waals surface area contributed by atoms with Crippen LogP contribution >= 0.6 is 0 Å². The smallest absolute Gasteiger partial charge is 0.236 e. The first-order chi connectivity index (χ1) is 9.15. The summed E-state index contributed by atoms with van der Waals surface area (Å²) in [6.07, 6.45) is 9.17. The summed E-state index contributed by atoms with van der Waals surface area (Å²) in [5.41, 5.74) is 6.12. The van der Waals surface area contributed by atoms with E-state index in [4.69, 9.17) is 5.73 Å². The Morgan fingerprint density at radius 3 is 2.42 bits per heavy atom. The van der Waals surface area contributed by atoms with Gasteiger partial charge in [-0.05, 0) is 57.2 Å². The highest BCUT2D eigenvalue weighted by Gasteiger charge is 2.37. The number of carbonyl (C=O) groups excluding carboxylic acids is 1. The van der Waals surface area contributed by atoms with Gasteiger partial charge in [0, 0.05) is 13.6 Å². The highest BCUT2D eigenvalue weighted by molar-refractivity contribution is 5.77. The Morgan fingerprint density at radius 2 is 1.84 bits per heavy atom. The lowest BCUT2D eigenvalue weighted by Crippen LogP contribution is -2.44. The molecule has 0 atom stereocenters. The van der Waals surface area contributed by atoms with Crippen LogP contribution in [0.25, 0.3) is 0 Å². The number of amides is 1. The van der Waals surface area contributed by atoms with Crippen molar-refractivity contribution in [2.75, 3.05) is 39.8 Å². The molecule has 0 aromatic rings. The number of carbonyl (C=O) groups is 1. The van der Waals surface area contributed by atoms with E-state index in [1.807, 2.05) is 11.9 Å². The zero-order valence-corrected chi connectivity index (χ0v) is 12.4. The van der Waals surface area contributed by atoms with Crippen molar-refractivity contribution < 1.29 is 4.79 Å². The van der Waals surface area contributed by atoms with E-state index in [-0.39, 0.29) is 5.91 Å². The summed E-state index contributed by atoms with van der Waals surface area (Å²) >= 11 is 0. The van der Waals surface area contributed by atoms with E-state index in [1.165, 1.54) is 38.5 Å². The van der Waals surface area contributed by atoms with E-state index in [1.54, 1.807) is 0 Å². The third kappa shape index (κ3) is 3.93. The van der Waals surface area contributed by atoms with Crippen molar-refractivity contribution in [3.05, 3.63) is 0 Å². The second kappa shape index (κ2) is 6.71. The molecule has 0 radical (unpaired) electrons. The molecule has 1 saturated carbocycles. The van der Waals surface area contributed by atoms with E-state index >= 15 is 0 Å². The minimum absolute atomic E-state index is 0.246. The van der Waals surface area contributed by atoms with Crippen LogP contribution in [-0.4, -0.2) is 55.5 Å². The van der Waals surface area contributed by atoms with E-state index < -0.39 is 0 Å². The van der Waals surface area contributed by atoms with Crippen molar-refractivity contribution in [1.82, 2.24) is 9.80 Å². The Morgan fingerprint density at radius 1 is 1.21 bits per heavy atom. The molecule has 4 nitrogen and oxygen atoms in total. The fraction of sp³-hybridized carbons (Fsp3) is 0.933. The van der Waals surface area contributed by atoms with Gasteiger partial charge in [0.15, 0.2) is 0 Å². The largest absolute Gasteiger partial charge is 0.345 e. The summed E-state index contributed by atoms with van der Waals surface area (Å²) in [6, 6.07) is 0. The minimum atomic E-state index is 0.246. The number of hydrogen-bond acceptors (Lipinski definition) is 3. The zero-order chi connectivity index (χ0) is 13.7. The summed E-state index contributed by atoms with van der Waals surface area (Å²) < 4.78 is 0. The number of likely N-dealkylation sites (tertiary alicyclic amines) is 1. The maximum Gasteiger partial charge on any atom is 0.236 e. The summed E-state index contributed by atoms with van der Waals surface area (Å²) in [6.45, 7) is 4.25. The summed E-state index contributed by atoms with van der Waals surface area (Å²) in [5, 5.41) is 0. The van der Waals surface area contributed by atoms with Gasteiger partial charge in [0.2, 0.25) is 5.91 Å². The van der Waals surface area contributed by atoms with Gasteiger partial charge in [0.05, 0.1) is 6.54 Å². The standard InChI is InChI=1S/C15H29N3O/c1-17(10-4-9-16)14(19)13-18-11-7-15(8-12-18)5-2-3-6-15/h2-13,16H2,1H3. The molecule has 110 valence electrons. The maximum absolute atomic E-state index is 12.1. The van der Waals surface area contributed by atoms with Crippen molar-refractivity contribution in [3.8, 4) is 0 Å². The Bertz CT molecular complexity index is 290. The predicted octanol–water partition coefficient (Wildman–Crippen LogP) is 1.45. The Hall–Kier alpha value is -0.610. The normalized spacial score (nSPS) is 22.8. The number of hydrogen-bond donors (Lipinski definition) is 1. The number of likely N-dealkylation sites (N-methyl/N-ethyl adjacent to an activating group) is 1. The molecular formula is C15H29N3O. The van der Waals surface area contributed by atoms with E-state index in [0.29, 0.717) is 18.5 Å². The van der Waals surface area contributed by atoms with Gasteiger partial charge in [-0.3, -0.25) is 9.69 Å². The average molecular weight is 267 g/mol. The first-order valence-corrected chi connectivity index (χ1v) is 7.82. The molecule has 2 aliphatic rings. The number of nitrogens with zero attached hydrogens (tertiary/aromatic N) is 2. The number of piperidine rings is 1. The van der Waals surface area contributed by atoms with Crippen molar-refractivity contribution >= 4 is 5.91 Å². The van der Waals surface area contributed by atoms with Crippen molar-refractivity contribution in [3.63, 3.8) is 0 Å². The van der Waals surface area contributed by atoms with Gasteiger partial charge in [-0.2, -0.15) is 0 Å². The fourth-order valence-electron chi connectivity index (χ4n) is 3.58. The number of rotatable bonds is 5. The van der Waals surface area contributed by atoms with Crippen LogP contribution in [0.4, 0.5) is 0 Å². The van der Waals surface area contributed by atoms with Gasteiger partial charge in [-0.25, -0.2) is 0 Å². The summed E-state index contributed by atoms with van der Waals surface area (Å²) in [4.78, 5) is 16.2. The van der Waals surface area contributed by atoms with Crippen LogP contribution < -0.4 is 5.73 Å². The second-order valence-electron chi connectivity index (χ2n) is 6.44. The Kier molecular flexibility index (Phi) is 5.22. The monoisotopic (exact) mass is 267 g/mol. The SMILES string of the molecule is CN(CCCN)C(=O)CN1CCC2(CCCC2)CC1. The van der Waals surface area contributed by atoms with E-state index in [2.05, 4.69) is 4.90 Å². The molecule has 0 bridgehead atoms. The van der Waals surface area contributed by atoms with Crippen LogP contribution in [0, 0.1) is 5.41 Å². The Labute approximate surface area is 117 Å². The van der Waals surface area contributed by atoms with Gasteiger partial charge in [-0.1, -0.05) is 12.8 Å². The van der Waals surface area contributed by atoms with Gasteiger partial charge in [-0.15, -0.1) is 0 Å². The molecule has 1 amide bonds. The number of nitrogens with two attached hydrogens (primary N) is 1. The highest BCUT2D eigenvalue weighted by atomic mass is 16.2. The molecule has 1 aliphatic heterocycles. The maximum atomic E-state index is 12.1. The van der Waals surface area contributed by atoms with E-state index in [9.17, 15) is 4.79 Å². The van der Waals surface area contributed by atoms with Crippen LogP contribution in [0.15, 0.2) is 0 Å². The molecule has 4 heteroatoms. The Balaban J connectivity index is 1.71. The van der Waals surface area contributed by atoms with Crippen LogP contribution in [-0.2, 0) is 4.79 Å². The fourth-order valence-corrected chi connectivity index (χ4v) is 3.58. The second-order valence-corrected chi connectivity index (χ2v) is 6.44. The molecule has 1 aliphatic carbocycles. The summed E-state index contributed by atoms with van der Waals surface area (Å²) in [5.74, 6) is 0.246. The molecule has 2 N–H and O–H groups in total. The molecule has 19 heavy (non-hydrogen) atoms. The first kappa shape index (κ1) is 14.8. The molecule has 0 aromatic heterocycles. The molecule has 0 aromatic carbocycles. The average Bonchev–Trinajstić information content (AvgIpc) is 2.87. The van der Waals surface area contributed by atoms with Gasteiger partial charge in [0.1, 0.15) is 0 Å². The minimum Gasteiger partial charge on any atom is -0.345 e. The quantitative estimate of drug-likeness (QED) is 0.820. The molecule has 1 spiro atoms. The summed E-state index contributed by atoms with van der Waals surface area (Å²) in [7, 11) is 1.89. The van der Waals surface area contributed by atoms with Gasteiger partial charge in [0.25, 0.3) is 0 Å². The predicted molar refractivity (Wildman–Crippen MR) is 77.9 cm³/mol. The molecule has 2 rings (SSSR count). The van der Waals surface area contributed by atoms with Crippen LogP contribution in [0.2, 0.25) is 0 Å². The third-order valence-electron chi connectivity index (χ3n) is 5.06.